The molecule has 0 aromatic heterocycles. The first-order valence-corrected chi connectivity index (χ1v) is 11.0. The zero-order valence-electron chi connectivity index (χ0n) is 18.7. The van der Waals surface area contributed by atoms with Crippen LogP contribution in [0, 0.1) is 19.7 Å². The van der Waals surface area contributed by atoms with Gasteiger partial charge in [-0.3, -0.25) is 9.59 Å². The van der Waals surface area contributed by atoms with Gasteiger partial charge in [-0.2, -0.15) is 0 Å². The van der Waals surface area contributed by atoms with E-state index in [1.807, 2.05) is 6.92 Å². The van der Waals surface area contributed by atoms with Crippen molar-refractivity contribution in [1.29, 1.82) is 0 Å². The van der Waals surface area contributed by atoms with Crippen LogP contribution < -0.4 is 4.74 Å². The van der Waals surface area contributed by atoms with E-state index in [1.54, 1.807) is 44.4 Å². The number of Topliss-reactive ketones (excluding diaryl/α,β-unsaturated/α-hetero) is 1. The fourth-order valence-electron chi connectivity index (χ4n) is 5.00. The molecule has 0 spiro atoms. The third-order valence-electron chi connectivity index (χ3n) is 6.64. The maximum absolute atomic E-state index is 14.9. The predicted molar refractivity (Wildman–Crippen MR) is 120 cm³/mol. The number of carbonyl (C=O) groups excluding carboxylic acids is 2. The van der Waals surface area contributed by atoms with Gasteiger partial charge in [0.2, 0.25) is 0 Å². The number of carbonyl (C=O) groups is 2. The second kappa shape index (κ2) is 8.77. The SMILES string of the molecule is COc1cc(C)c(/C(O)=C2\C(=O)C(=O)N(C3CCCCC3)C2c2ccccc2F)cc1C. The van der Waals surface area contributed by atoms with E-state index >= 15 is 0 Å². The number of nitrogens with zero attached hydrogens (tertiary/aromatic N) is 1. The van der Waals surface area contributed by atoms with Crippen LogP contribution in [0.5, 0.6) is 5.75 Å². The van der Waals surface area contributed by atoms with Crippen LogP contribution >= 0.6 is 0 Å². The first-order chi connectivity index (χ1) is 15.3. The third kappa shape index (κ3) is 3.68. The van der Waals surface area contributed by atoms with Crippen molar-refractivity contribution < 1.29 is 23.8 Å². The molecule has 1 unspecified atom stereocenters. The van der Waals surface area contributed by atoms with Crippen molar-refractivity contribution in [2.75, 3.05) is 7.11 Å². The van der Waals surface area contributed by atoms with Crippen LogP contribution in [0.3, 0.4) is 0 Å². The van der Waals surface area contributed by atoms with Crippen molar-refractivity contribution in [1.82, 2.24) is 4.90 Å². The summed E-state index contributed by atoms with van der Waals surface area (Å²) in [6, 6.07) is 8.55. The summed E-state index contributed by atoms with van der Waals surface area (Å²) in [5, 5.41) is 11.3. The van der Waals surface area contributed by atoms with E-state index in [-0.39, 0.29) is 22.9 Å². The lowest BCUT2D eigenvalue weighted by Gasteiger charge is -2.35. The summed E-state index contributed by atoms with van der Waals surface area (Å²) in [5.74, 6) is -1.57. The summed E-state index contributed by atoms with van der Waals surface area (Å²) in [4.78, 5) is 27.9. The first kappa shape index (κ1) is 22.1. The lowest BCUT2D eigenvalue weighted by Crippen LogP contribution is -2.40. The number of amides is 1. The molecule has 4 rings (SSSR count). The molecule has 2 aliphatic rings. The number of aliphatic hydroxyl groups excluding tert-OH is 1. The summed E-state index contributed by atoms with van der Waals surface area (Å²) >= 11 is 0. The molecule has 2 aromatic rings. The van der Waals surface area contributed by atoms with Gasteiger partial charge in [-0.25, -0.2) is 4.39 Å². The van der Waals surface area contributed by atoms with Crippen molar-refractivity contribution in [3.8, 4) is 5.75 Å². The molecule has 1 saturated carbocycles. The minimum Gasteiger partial charge on any atom is -0.507 e. The first-order valence-electron chi connectivity index (χ1n) is 11.0. The molecule has 0 bridgehead atoms. The van der Waals surface area contributed by atoms with Crippen LogP contribution in [0.2, 0.25) is 0 Å². The number of ketones is 1. The Morgan fingerprint density at radius 3 is 2.41 bits per heavy atom. The van der Waals surface area contributed by atoms with E-state index in [0.717, 1.165) is 37.7 Å². The number of aliphatic hydroxyl groups is 1. The van der Waals surface area contributed by atoms with Gasteiger partial charge in [0.05, 0.1) is 18.7 Å². The summed E-state index contributed by atoms with van der Waals surface area (Å²) in [6.45, 7) is 3.64. The number of rotatable bonds is 4. The Balaban J connectivity index is 1.93. The molecule has 5 nitrogen and oxygen atoms in total. The second-order valence-electron chi connectivity index (χ2n) is 8.66. The van der Waals surface area contributed by atoms with Crippen LogP contribution in [-0.4, -0.2) is 34.8 Å². The van der Waals surface area contributed by atoms with Gasteiger partial charge in [-0.1, -0.05) is 37.5 Å². The number of hydrogen-bond donors (Lipinski definition) is 1. The quantitative estimate of drug-likeness (QED) is 0.405. The van der Waals surface area contributed by atoms with E-state index in [2.05, 4.69) is 0 Å². The standard InChI is InChI=1S/C26H28FNO4/c1-15-14-21(32-3)16(2)13-19(15)24(29)22-23(18-11-7-8-12-20(18)27)28(26(31)25(22)30)17-9-5-4-6-10-17/h7-8,11-14,17,23,29H,4-6,9-10H2,1-3H3/b24-22+. The summed E-state index contributed by atoms with van der Waals surface area (Å²) < 4.78 is 20.3. The second-order valence-corrected chi connectivity index (χ2v) is 8.66. The van der Waals surface area contributed by atoms with Crippen LogP contribution in [-0.2, 0) is 9.59 Å². The third-order valence-corrected chi connectivity index (χ3v) is 6.64. The number of ether oxygens (including phenoxy) is 1. The molecule has 1 N–H and O–H groups in total. The molecule has 2 aromatic carbocycles. The topological polar surface area (TPSA) is 66.8 Å². The number of hydrogen-bond acceptors (Lipinski definition) is 4. The Hall–Kier alpha value is -3.15. The maximum Gasteiger partial charge on any atom is 0.295 e. The highest BCUT2D eigenvalue weighted by Crippen LogP contribution is 2.44. The molecule has 2 fully saturated rings. The normalized spacial score (nSPS) is 21.2. The minimum absolute atomic E-state index is 0.0571. The lowest BCUT2D eigenvalue weighted by atomic mass is 9.90. The monoisotopic (exact) mass is 437 g/mol. The molecule has 168 valence electrons. The summed E-state index contributed by atoms with van der Waals surface area (Å²) in [5.41, 5.74) is 2.08. The molecule has 32 heavy (non-hydrogen) atoms. The Morgan fingerprint density at radius 2 is 1.75 bits per heavy atom. The van der Waals surface area contributed by atoms with Crippen LogP contribution in [0.4, 0.5) is 4.39 Å². The molecular formula is C26H28FNO4. The number of likely N-dealkylation sites (tertiary alicyclic amines) is 1. The molecule has 1 atom stereocenters. The van der Waals surface area contributed by atoms with Crippen molar-refractivity contribution in [3.63, 3.8) is 0 Å². The zero-order valence-corrected chi connectivity index (χ0v) is 18.7. The Bertz CT molecular complexity index is 1100. The van der Waals surface area contributed by atoms with Gasteiger partial charge in [0.15, 0.2) is 0 Å². The number of benzene rings is 2. The van der Waals surface area contributed by atoms with Crippen LogP contribution in [0.1, 0.15) is 60.4 Å². The van der Waals surface area contributed by atoms with Crippen molar-refractivity contribution in [3.05, 3.63) is 70.0 Å². The fraction of sp³-hybridized carbons (Fsp3) is 0.385. The molecule has 6 heteroatoms. The Kier molecular flexibility index (Phi) is 6.04. The van der Waals surface area contributed by atoms with Gasteiger partial charge in [0, 0.05) is 17.2 Å². The average Bonchev–Trinajstić information content (AvgIpc) is 3.06. The molecular weight excluding hydrogens is 409 g/mol. The highest BCUT2D eigenvalue weighted by atomic mass is 19.1. The predicted octanol–water partition coefficient (Wildman–Crippen LogP) is 5.21. The highest BCUT2D eigenvalue weighted by Gasteiger charge is 2.49. The van der Waals surface area contributed by atoms with Crippen LogP contribution in [0.15, 0.2) is 42.0 Å². The van der Waals surface area contributed by atoms with Gasteiger partial charge in [0.25, 0.3) is 11.7 Å². The molecule has 0 radical (unpaired) electrons. The number of halogens is 1. The van der Waals surface area contributed by atoms with Crippen molar-refractivity contribution >= 4 is 17.4 Å². The van der Waals surface area contributed by atoms with Crippen molar-refractivity contribution in [2.24, 2.45) is 0 Å². The van der Waals surface area contributed by atoms with Gasteiger partial charge in [-0.05, 0) is 56.0 Å². The lowest BCUT2D eigenvalue weighted by molar-refractivity contribution is -0.141. The molecule has 1 amide bonds. The summed E-state index contributed by atoms with van der Waals surface area (Å²) in [6.07, 6.45) is 4.51. The van der Waals surface area contributed by atoms with Crippen molar-refractivity contribution in [2.45, 2.75) is 58.0 Å². The highest BCUT2D eigenvalue weighted by molar-refractivity contribution is 6.46. The van der Waals surface area contributed by atoms with E-state index < -0.39 is 23.5 Å². The number of aryl methyl sites for hydroxylation is 2. The van der Waals surface area contributed by atoms with Gasteiger partial charge in [0.1, 0.15) is 17.3 Å². The Labute approximate surface area is 187 Å². The smallest absolute Gasteiger partial charge is 0.295 e. The van der Waals surface area contributed by atoms with Crippen LogP contribution in [0.25, 0.3) is 5.76 Å². The number of methoxy groups -OCH3 is 1. The maximum atomic E-state index is 14.9. The molecule has 1 aliphatic carbocycles. The largest absolute Gasteiger partial charge is 0.507 e. The summed E-state index contributed by atoms with van der Waals surface area (Å²) in [7, 11) is 1.56. The molecule has 1 heterocycles. The van der Waals surface area contributed by atoms with E-state index in [0.29, 0.717) is 16.9 Å². The van der Waals surface area contributed by atoms with E-state index in [4.69, 9.17) is 4.74 Å². The molecule has 1 aliphatic heterocycles. The van der Waals surface area contributed by atoms with E-state index in [1.165, 1.54) is 11.0 Å². The van der Waals surface area contributed by atoms with E-state index in [9.17, 15) is 19.1 Å². The zero-order chi connectivity index (χ0) is 23.0. The Morgan fingerprint density at radius 1 is 1.06 bits per heavy atom. The molecule has 1 saturated heterocycles. The fourth-order valence-corrected chi connectivity index (χ4v) is 5.00. The van der Waals surface area contributed by atoms with Gasteiger partial charge >= 0.3 is 0 Å². The minimum atomic E-state index is -0.957. The van der Waals surface area contributed by atoms with Gasteiger partial charge in [-0.15, -0.1) is 0 Å². The van der Waals surface area contributed by atoms with Gasteiger partial charge < -0.3 is 14.7 Å². The average molecular weight is 438 g/mol.